The molecule has 4 rings (SSSR count). The van der Waals surface area contributed by atoms with Gasteiger partial charge in [-0.05, 0) is 12.1 Å². The van der Waals surface area contributed by atoms with Crippen LogP contribution in [-0.2, 0) is 14.3 Å². The highest BCUT2D eigenvalue weighted by Gasteiger charge is 2.51. The molecule has 0 bridgehead atoms. The van der Waals surface area contributed by atoms with E-state index in [0.717, 1.165) is 13.1 Å². The third-order valence-corrected chi connectivity index (χ3v) is 4.86. The number of amides is 1. The van der Waals surface area contributed by atoms with Crippen LogP contribution in [0.3, 0.4) is 0 Å². The van der Waals surface area contributed by atoms with Gasteiger partial charge >= 0.3 is 0 Å². The van der Waals surface area contributed by atoms with Crippen LogP contribution in [0.2, 0.25) is 0 Å². The van der Waals surface area contributed by atoms with Crippen LogP contribution in [0, 0.1) is 5.82 Å². The molecule has 1 amide bonds. The van der Waals surface area contributed by atoms with Crippen LogP contribution < -0.4 is 25.6 Å². The highest BCUT2D eigenvalue weighted by Crippen LogP contribution is 2.37. The van der Waals surface area contributed by atoms with Gasteiger partial charge in [-0.15, -0.1) is 0 Å². The van der Waals surface area contributed by atoms with Crippen molar-refractivity contribution >= 4 is 11.6 Å². The van der Waals surface area contributed by atoms with E-state index in [1.807, 2.05) is 11.0 Å². The Hall–Kier alpha value is -1.94. The second-order valence-corrected chi connectivity index (χ2v) is 7.02. The van der Waals surface area contributed by atoms with Crippen LogP contribution >= 0.6 is 0 Å². The summed E-state index contributed by atoms with van der Waals surface area (Å²) in [6.07, 6.45) is -0.739. The average molecular weight is 380 g/mol. The lowest BCUT2D eigenvalue weighted by Gasteiger charge is -2.31. The summed E-state index contributed by atoms with van der Waals surface area (Å²) >= 11 is 0. The predicted molar refractivity (Wildman–Crippen MR) is 96.1 cm³/mol. The van der Waals surface area contributed by atoms with E-state index in [4.69, 9.17) is 14.2 Å². The van der Waals surface area contributed by atoms with Crippen LogP contribution in [0.25, 0.3) is 0 Å². The number of epoxide rings is 1. The maximum atomic E-state index is 14.4. The molecule has 0 spiro atoms. The van der Waals surface area contributed by atoms with E-state index in [-0.39, 0.29) is 30.3 Å². The molecular weight excluding hydrogens is 355 g/mol. The Balaban J connectivity index is 1.31. The van der Waals surface area contributed by atoms with Crippen molar-refractivity contribution in [1.82, 2.24) is 16.0 Å². The Morgan fingerprint density at radius 3 is 2.96 bits per heavy atom. The van der Waals surface area contributed by atoms with E-state index >= 15 is 0 Å². The maximum Gasteiger partial charge on any atom is 0.216 e. The van der Waals surface area contributed by atoms with Crippen molar-refractivity contribution in [2.24, 2.45) is 0 Å². The van der Waals surface area contributed by atoms with Gasteiger partial charge in [0.05, 0.1) is 6.10 Å². The van der Waals surface area contributed by atoms with E-state index in [0.29, 0.717) is 38.0 Å². The molecule has 3 atom stereocenters. The molecule has 3 saturated heterocycles. The standard InChI is InChI=1S/C18H25FN4O4/c1-11(24)22-9-14-10-23(17-18(26-14)27-17)13-2-3-16(15(19)6-13)25-5-4-21-12-7-20-8-12/h2-3,6,12,14,17-18,20-21H,4-5,7-10H2,1H3,(H,22,24)/t14-,17?,18?/m0/s1. The summed E-state index contributed by atoms with van der Waals surface area (Å²) in [7, 11) is 0. The number of fused-ring (bicyclic) bond motifs is 1. The fourth-order valence-electron chi connectivity index (χ4n) is 3.23. The highest BCUT2D eigenvalue weighted by atomic mass is 19.1. The molecule has 2 unspecified atom stereocenters. The molecule has 3 aliphatic rings. The fourth-order valence-corrected chi connectivity index (χ4v) is 3.23. The van der Waals surface area contributed by atoms with Crippen LogP contribution in [0.15, 0.2) is 18.2 Å². The minimum atomic E-state index is -0.403. The molecule has 0 aromatic heterocycles. The van der Waals surface area contributed by atoms with Crippen molar-refractivity contribution < 1.29 is 23.4 Å². The summed E-state index contributed by atoms with van der Waals surface area (Å²) in [6, 6.07) is 5.41. The van der Waals surface area contributed by atoms with Crippen molar-refractivity contribution in [2.75, 3.05) is 44.2 Å². The first-order valence-electron chi connectivity index (χ1n) is 9.28. The average Bonchev–Trinajstić information content (AvgIpc) is 3.38. The fraction of sp³-hybridized carbons (Fsp3) is 0.611. The molecule has 1 aromatic carbocycles. The lowest BCUT2D eigenvalue weighted by atomic mass is 10.2. The molecular formula is C18H25FN4O4. The molecule has 0 radical (unpaired) electrons. The Morgan fingerprint density at radius 1 is 1.41 bits per heavy atom. The van der Waals surface area contributed by atoms with Gasteiger partial charge in [-0.3, -0.25) is 4.79 Å². The van der Waals surface area contributed by atoms with Crippen molar-refractivity contribution in [2.45, 2.75) is 31.6 Å². The third-order valence-electron chi connectivity index (χ3n) is 4.86. The number of benzene rings is 1. The molecule has 1 aromatic rings. The topological polar surface area (TPSA) is 87.4 Å². The number of ether oxygens (including phenoxy) is 3. The number of carbonyl (C=O) groups is 1. The zero-order chi connectivity index (χ0) is 18.8. The van der Waals surface area contributed by atoms with Crippen LogP contribution in [-0.4, -0.2) is 69.9 Å². The molecule has 0 saturated carbocycles. The van der Waals surface area contributed by atoms with Gasteiger partial charge in [0.2, 0.25) is 12.2 Å². The highest BCUT2D eigenvalue weighted by molar-refractivity contribution is 5.72. The van der Waals surface area contributed by atoms with Crippen molar-refractivity contribution in [3.63, 3.8) is 0 Å². The van der Waals surface area contributed by atoms with E-state index in [1.54, 1.807) is 6.07 Å². The molecule has 9 heteroatoms. The molecule has 3 aliphatic heterocycles. The number of hydrogen-bond donors (Lipinski definition) is 3. The Kier molecular flexibility index (Phi) is 5.44. The second-order valence-electron chi connectivity index (χ2n) is 7.02. The van der Waals surface area contributed by atoms with Crippen molar-refractivity contribution in [1.29, 1.82) is 0 Å². The van der Waals surface area contributed by atoms with Crippen molar-refractivity contribution in [3.05, 3.63) is 24.0 Å². The maximum absolute atomic E-state index is 14.4. The van der Waals surface area contributed by atoms with Gasteiger partial charge in [0.1, 0.15) is 6.61 Å². The van der Waals surface area contributed by atoms with Crippen LogP contribution in [0.4, 0.5) is 10.1 Å². The first-order valence-corrected chi connectivity index (χ1v) is 9.28. The van der Waals surface area contributed by atoms with Crippen LogP contribution in [0.5, 0.6) is 5.75 Å². The largest absolute Gasteiger partial charge is 0.489 e. The van der Waals surface area contributed by atoms with Gasteiger partial charge < -0.3 is 35.1 Å². The molecule has 8 nitrogen and oxygen atoms in total. The number of nitrogens with zero attached hydrogens (tertiary/aromatic N) is 1. The zero-order valence-corrected chi connectivity index (χ0v) is 15.2. The summed E-state index contributed by atoms with van der Waals surface area (Å²) < 4.78 is 31.2. The van der Waals surface area contributed by atoms with E-state index in [2.05, 4.69) is 16.0 Å². The Morgan fingerprint density at radius 2 is 2.26 bits per heavy atom. The molecule has 3 N–H and O–H groups in total. The molecule has 0 aliphatic carbocycles. The number of hydrogen-bond acceptors (Lipinski definition) is 7. The number of carbonyl (C=O) groups excluding carboxylic acids is 1. The van der Waals surface area contributed by atoms with Gasteiger partial charge in [0, 0.05) is 57.4 Å². The molecule has 27 heavy (non-hydrogen) atoms. The number of halogens is 1. The Labute approximate surface area is 157 Å². The first-order chi connectivity index (χ1) is 13.1. The number of rotatable bonds is 8. The summed E-state index contributed by atoms with van der Waals surface area (Å²) in [5, 5.41) is 9.25. The number of nitrogens with one attached hydrogen (secondary N) is 3. The summed E-state index contributed by atoms with van der Waals surface area (Å²) in [6.45, 7) is 5.40. The quantitative estimate of drug-likeness (QED) is 0.425. The monoisotopic (exact) mass is 380 g/mol. The smallest absolute Gasteiger partial charge is 0.216 e. The minimum absolute atomic E-state index is 0.111. The van der Waals surface area contributed by atoms with Gasteiger partial charge in [-0.25, -0.2) is 4.39 Å². The van der Waals surface area contributed by atoms with E-state index in [1.165, 1.54) is 13.0 Å². The SMILES string of the molecule is CC(=O)NC[C@H]1CN(c2ccc(OCCNC3CNC3)c(F)c2)C2OC2O1. The molecule has 3 fully saturated rings. The van der Waals surface area contributed by atoms with E-state index < -0.39 is 5.82 Å². The normalized spacial score (nSPS) is 26.9. The minimum Gasteiger partial charge on any atom is -0.489 e. The summed E-state index contributed by atoms with van der Waals surface area (Å²) in [5.41, 5.74) is 0.710. The number of morpholine rings is 1. The zero-order valence-electron chi connectivity index (χ0n) is 15.2. The summed E-state index contributed by atoms with van der Waals surface area (Å²) in [4.78, 5) is 13.1. The lowest BCUT2D eigenvalue weighted by molar-refractivity contribution is -0.120. The van der Waals surface area contributed by atoms with Crippen LogP contribution in [0.1, 0.15) is 6.92 Å². The first kappa shape index (κ1) is 18.4. The van der Waals surface area contributed by atoms with Gasteiger partial charge in [0.25, 0.3) is 0 Å². The predicted octanol–water partition coefficient (Wildman–Crippen LogP) is -0.210. The molecule has 3 heterocycles. The second kappa shape index (κ2) is 7.97. The van der Waals surface area contributed by atoms with Crippen molar-refractivity contribution in [3.8, 4) is 5.75 Å². The Bertz CT molecular complexity index is 687. The lowest BCUT2D eigenvalue weighted by Crippen LogP contribution is -2.56. The van der Waals surface area contributed by atoms with Gasteiger partial charge in [0.15, 0.2) is 17.8 Å². The van der Waals surface area contributed by atoms with E-state index in [9.17, 15) is 9.18 Å². The van der Waals surface area contributed by atoms with Gasteiger partial charge in [-0.2, -0.15) is 0 Å². The summed E-state index contributed by atoms with van der Waals surface area (Å²) in [5.74, 6) is -0.275. The third kappa shape index (κ3) is 4.49. The number of anilines is 1. The van der Waals surface area contributed by atoms with Gasteiger partial charge in [-0.1, -0.05) is 0 Å². The molecule has 148 valence electrons.